The Balaban J connectivity index is 0. The molecule has 0 amide bonds. The molecule has 0 unspecified atom stereocenters. The van der Waals surface area contributed by atoms with Crippen LogP contribution >= 0.6 is 0 Å². The molecule has 34 valence electrons. The zero-order valence-electron chi connectivity index (χ0n) is 3.99. The normalized spacial score (nSPS) is 10.2. The van der Waals surface area contributed by atoms with Gasteiger partial charge in [-0.15, -0.1) is 0 Å². The Hall–Kier alpha value is 0.177. The molecule has 0 aliphatic heterocycles. The third kappa shape index (κ3) is 4.18. The summed E-state index contributed by atoms with van der Waals surface area (Å²) in [6, 6.07) is 0. The van der Waals surface area contributed by atoms with Crippen molar-refractivity contribution < 1.29 is 5.85 Å². The zero-order chi connectivity index (χ0) is 4.28. The molecule has 1 nitrogen and oxygen atoms in total. The van der Waals surface area contributed by atoms with Crippen LogP contribution in [-0.2, 0) is 4.43 Å². The third-order valence-corrected chi connectivity index (χ3v) is 1.41. The number of hydrogen-bond donors (Lipinski definition) is 0. The topological polar surface area (TPSA) is 9.23 Å². The number of hydrogen-bond acceptors (Lipinski definition) is 1. The molecule has 0 aliphatic carbocycles. The van der Waals surface area contributed by atoms with Gasteiger partial charge in [-0.05, 0) is 13.8 Å². The second-order valence-corrected chi connectivity index (χ2v) is 1.76. The van der Waals surface area contributed by atoms with Crippen LogP contribution in [0.2, 0.25) is 0 Å². The average Bonchev–Trinajstić information content (AvgIpc) is 1.38. The van der Waals surface area contributed by atoms with Gasteiger partial charge < -0.3 is 4.43 Å². The predicted molar refractivity (Wildman–Crippen MR) is 28.3 cm³/mol. The fourth-order valence-corrected chi connectivity index (χ4v) is 0. The van der Waals surface area contributed by atoms with Crippen LogP contribution in [0.3, 0.4) is 0 Å². The molecule has 0 spiro atoms. The Morgan fingerprint density at radius 2 is 2.00 bits per heavy atom. The lowest BCUT2D eigenvalue weighted by Crippen LogP contribution is -1.95. The molecular formula is C3H12OSi. The Bertz CT molecular complexity index is 24.8. The molecule has 0 aromatic carbocycles. The van der Waals surface area contributed by atoms with Crippen molar-refractivity contribution in [3.63, 3.8) is 0 Å². The van der Waals surface area contributed by atoms with Crippen LogP contribution in [0.25, 0.3) is 0 Å². The molecule has 2 heteroatoms. The lowest BCUT2D eigenvalue weighted by Gasteiger charge is -1.95. The van der Waals surface area contributed by atoms with E-state index in [0.29, 0.717) is 6.10 Å². The molecular weight excluding hydrogens is 80.1 g/mol. The average molecular weight is 92.2 g/mol. The lowest BCUT2D eigenvalue weighted by atomic mass is 10.5. The Morgan fingerprint density at radius 1 is 1.80 bits per heavy atom. The monoisotopic (exact) mass is 92.1 g/mol. The largest absolute Gasteiger partial charge is 0.426 e. The zero-order valence-corrected chi connectivity index (χ0v) is 5.99. The first-order valence-electron chi connectivity index (χ1n) is 1.80. The molecule has 0 bridgehead atoms. The molecule has 0 aliphatic rings. The van der Waals surface area contributed by atoms with Gasteiger partial charge in [-0.2, -0.15) is 0 Å². The summed E-state index contributed by atoms with van der Waals surface area (Å²) in [4.78, 5) is 0. The highest BCUT2D eigenvalue weighted by Crippen LogP contribution is 1.76. The highest BCUT2D eigenvalue weighted by molar-refractivity contribution is 5.98. The third-order valence-electron chi connectivity index (χ3n) is 0.471. The van der Waals surface area contributed by atoms with E-state index >= 15 is 0 Å². The molecule has 0 heterocycles. The van der Waals surface area contributed by atoms with Gasteiger partial charge in [-0.25, -0.2) is 0 Å². The molecule has 0 aromatic rings. The van der Waals surface area contributed by atoms with Crippen molar-refractivity contribution >= 4 is 10.5 Å². The van der Waals surface area contributed by atoms with Gasteiger partial charge >= 0.3 is 0 Å². The second kappa shape index (κ2) is 2.42. The quantitative estimate of drug-likeness (QED) is 0.412. The maximum absolute atomic E-state index is 4.89. The molecule has 0 aromatic heterocycles. The highest BCUT2D eigenvalue weighted by Gasteiger charge is 1.77. The van der Waals surface area contributed by atoms with Crippen LogP contribution in [0.15, 0.2) is 0 Å². The van der Waals surface area contributed by atoms with Crippen LogP contribution in [0.4, 0.5) is 0 Å². The predicted octanol–water partition coefficient (Wildman–Crippen LogP) is -0.0622. The van der Waals surface area contributed by atoms with E-state index in [1.807, 2.05) is 13.8 Å². The molecule has 0 saturated carbocycles. The summed E-state index contributed by atoms with van der Waals surface area (Å²) < 4.78 is 4.89. The van der Waals surface area contributed by atoms with Crippen molar-refractivity contribution in [3.05, 3.63) is 0 Å². The fraction of sp³-hybridized carbons (Fsp3) is 1.00. The molecule has 0 fully saturated rings. The first kappa shape index (κ1) is 5.18. The van der Waals surface area contributed by atoms with E-state index < -0.39 is 0 Å². The van der Waals surface area contributed by atoms with Crippen molar-refractivity contribution in [2.45, 2.75) is 20.0 Å². The van der Waals surface area contributed by atoms with Gasteiger partial charge in [0.1, 0.15) is 10.5 Å². The van der Waals surface area contributed by atoms with Gasteiger partial charge in [0.2, 0.25) is 0 Å². The van der Waals surface area contributed by atoms with Crippen molar-refractivity contribution in [2.75, 3.05) is 0 Å². The van der Waals surface area contributed by atoms with E-state index in [2.05, 4.69) is 0 Å². The first-order chi connectivity index (χ1) is 2.27. The van der Waals surface area contributed by atoms with Crippen molar-refractivity contribution in [2.24, 2.45) is 0 Å². The van der Waals surface area contributed by atoms with E-state index in [4.69, 9.17) is 4.43 Å². The molecule has 0 N–H and O–H groups in total. The summed E-state index contributed by atoms with van der Waals surface area (Å²) in [6.07, 6.45) is 0.446. The smallest absolute Gasteiger partial charge is 0.146 e. The van der Waals surface area contributed by atoms with Crippen molar-refractivity contribution in [3.8, 4) is 0 Å². The van der Waals surface area contributed by atoms with E-state index in [-0.39, 0.29) is 1.43 Å². The SMILES string of the molecule is CC(C)O[SiH3].[HH]. The van der Waals surface area contributed by atoms with Gasteiger partial charge in [0.05, 0.1) is 0 Å². The standard InChI is InChI=1S/C3H10OSi.H2/c1-3(2)4-5;/h3H,1-2,5H3;1H. The molecule has 0 saturated heterocycles. The van der Waals surface area contributed by atoms with Crippen molar-refractivity contribution in [1.29, 1.82) is 0 Å². The summed E-state index contributed by atoms with van der Waals surface area (Å²) in [5.74, 6) is 0. The summed E-state index contributed by atoms with van der Waals surface area (Å²) in [5.41, 5.74) is 0. The molecule has 5 heavy (non-hydrogen) atoms. The van der Waals surface area contributed by atoms with Crippen LogP contribution in [0, 0.1) is 0 Å². The van der Waals surface area contributed by atoms with Crippen LogP contribution in [-0.4, -0.2) is 16.6 Å². The van der Waals surface area contributed by atoms with E-state index in [0.717, 1.165) is 10.5 Å². The molecule has 0 rings (SSSR count). The summed E-state index contributed by atoms with van der Waals surface area (Å²) in [5, 5.41) is 0. The highest BCUT2D eigenvalue weighted by atomic mass is 28.2. The van der Waals surface area contributed by atoms with E-state index in [9.17, 15) is 0 Å². The Kier molecular flexibility index (Phi) is 2.50. The fourth-order valence-electron chi connectivity index (χ4n) is 0. The summed E-state index contributed by atoms with van der Waals surface area (Å²) in [6.45, 7) is 4.07. The Labute approximate surface area is 37.4 Å². The van der Waals surface area contributed by atoms with Crippen LogP contribution in [0.1, 0.15) is 15.3 Å². The second-order valence-electron chi connectivity index (χ2n) is 1.28. The van der Waals surface area contributed by atoms with E-state index in [1.165, 1.54) is 0 Å². The minimum Gasteiger partial charge on any atom is -0.426 e. The van der Waals surface area contributed by atoms with Gasteiger partial charge in [0.15, 0.2) is 0 Å². The van der Waals surface area contributed by atoms with Gasteiger partial charge in [-0.1, -0.05) is 0 Å². The minimum atomic E-state index is 0. The van der Waals surface area contributed by atoms with Crippen LogP contribution < -0.4 is 0 Å². The van der Waals surface area contributed by atoms with Crippen LogP contribution in [0.5, 0.6) is 0 Å². The summed E-state index contributed by atoms with van der Waals surface area (Å²) >= 11 is 0. The van der Waals surface area contributed by atoms with Gasteiger partial charge in [-0.3, -0.25) is 0 Å². The Morgan fingerprint density at radius 3 is 2.00 bits per heavy atom. The van der Waals surface area contributed by atoms with Gasteiger partial charge in [0.25, 0.3) is 0 Å². The van der Waals surface area contributed by atoms with E-state index in [1.54, 1.807) is 0 Å². The maximum Gasteiger partial charge on any atom is 0.146 e. The molecule has 0 atom stereocenters. The van der Waals surface area contributed by atoms with Crippen molar-refractivity contribution in [1.82, 2.24) is 0 Å². The maximum atomic E-state index is 4.89. The lowest BCUT2D eigenvalue weighted by molar-refractivity contribution is 0.267. The minimum absolute atomic E-state index is 0. The summed E-state index contributed by atoms with van der Waals surface area (Å²) in [7, 11) is 0.873. The molecule has 0 radical (unpaired) electrons. The van der Waals surface area contributed by atoms with Gasteiger partial charge in [0, 0.05) is 7.53 Å². The number of rotatable bonds is 1. The first-order valence-corrected chi connectivity index (χ1v) is 2.62.